The Hall–Kier alpha value is -13.8. The van der Waals surface area contributed by atoms with Crippen molar-refractivity contribution in [2.75, 3.05) is 9.80 Å². The Morgan fingerprint density at radius 3 is 1.11 bits per heavy atom. The van der Waals surface area contributed by atoms with Crippen LogP contribution in [0.15, 0.2) is 376 Å². The van der Waals surface area contributed by atoms with Crippen LogP contribution in [0.3, 0.4) is 0 Å². The minimum Gasteiger partial charge on any atom is -0.311 e. The number of fused-ring (bicyclic) bond motifs is 37. The zero-order valence-electron chi connectivity index (χ0n) is 59.2. The average molecular weight is 1380 g/mol. The molecule has 0 atom stereocenters. The SMILES string of the molecule is c1ccc(-c2ccc3c(c2)B2c4cc5c(cc4N(c4cccc6c4-c4ccccc4C64c6ccccc6-c6ccccc64)c4cc(-n6c7ccccc7c7ccccc76)cc(c42)N3c2cccc3c2C2(c4ccccc4-c4ccccc42)c2ccccc2-3)-c2ccccc2C52c3ccccc3-c3ccccc32)cc1. The van der Waals surface area contributed by atoms with Gasteiger partial charge >= 0.3 is 0 Å². The molecule has 109 heavy (non-hydrogen) atoms. The second-order valence-corrected chi connectivity index (χ2v) is 31.0. The van der Waals surface area contributed by atoms with Gasteiger partial charge in [-0.15, -0.1) is 0 Å². The molecule has 0 radical (unpaired) electrons. The second-order valence-electron chi connectivity index (χ2n) is 31.0. The summed E-state index contributed by atoms with van der Waals surface area (Å²) in [5.41, 5.74) is 45.6. The van der Waals surface area contributed by atoms with Gasteiger partial charge in [-0.1, -0.05) is 328 Å². The fourth-order valence-electron chi connectivity index (χ4n) is 22.9. The molecule has 3 heterocycles. The predicted octanol–water partition coefficient (Wildman–Crippen LogP) is 23.6. The summed E-state index contributed by atoms with van der Waals surface area (Å²) >= 11 is 0. The van der Waals surface area contributed by atoms with Crippen molar-refractivity contribution in [2.45, 2.75) is 16.2 Å². The molecule has 8 aliphatic rings. The summed E-state index contributed by atoms with van der Waals surface area (Å²) in [5, 5.41) is 2.44. The van der Waals surface area contributed by atoms with Crippen LogP contribution >= 0.6 is 0 Å². The third-order valence-corrected chi connectivity index (χ3v) is 26.6. The molecule has 0 saturated heterocycles. The summed E-state index contributed by atoms with van der Waals surface area (Å²) in [6.07, 6.45) is 0. The largest absolute Gasteiger partial charge is 0.311 e. The Balaban J connectivity index is 0.855. The Bertz CT molecular complexity index is 6960. The molecule has 18 aromatic rings. The van der Waals surface area contributed by atoms with Crippen molar-refractivity contribution in [3.8, 4) is 83.6 Å². The van der Waals surface area contributed by atoms with Gasteiger partial charge in [-0.05, 0) is 198 Å². The molecule has 0 unspecified atom stereocenters. The van der Waals surface area contributed by atoms with Gasteiger partial charge in [0, 0.05) is 44.6 Å². The molecule has 0 saturated carbocycles. The summed E-state index contributed by atoms with van der Waals surface area (Å²) in [5.74, 6) is 0. The van der Waals surface area contributed by atoms with Crippen molar-refractivity contribution in [1.29, 1.82) is 0 Å². The van der Waals surface area contributed by atoms with Crippen molar-refractivity contribution in [2.24, 2.45) is 0 Å². The highest BCUT2D eigenvalue weighted by Gasteiger charge is 2.58. The van der Waals surface area contributed by atoms with Gasteiger partial charge in [-0.2, -0.15) is 0 Å². The van der Waals surface area contributed by atoms with E-state index in [1.165, 1.54) is 177 Å². The molecule has 0 amide bonds. The van der Waals surface area contributed by atoms with Crippen LogP contribution in [0.25, 0.3) is 105 Å². The zero-order chi connectivity index (χ0) is 70.7. The van der Waals surface area contributed by atoms with E-state index in [2.05, 4.69) is 390 Å². The second kappa shape index (κ2) is 20.8. The number of hydrogen-bond donors (Lipinski definition) is 0. The Labute approximate surface area is 631 Å². The van der Waals surface area contributed by atoms with Gasteiger partial charge < -0.3 is 14.4 Å². The maximum Gasteiger partial charge on any atom is 0.252 e. The fourth-order valence-corrected chi connectivity index (χ4v) is 22.9. The van der Waals surface area contributed by atoms with E-state index < -0.39 is 16.2 Å². The molecule has 17 aromatic carbocycles. The minimum absolute atomic E-state index is 0.295. The third kappa shape index (κ3) is 6.92. The van der Waals surface area contributed by atoms with Crippen molar-refractivity contribution >= 4 is 79.0 Å². The van der Waals surface area contributed by atoms with E-state index in [-0.39, 0.29) is 6.71 Å². The highest BCUT2D eigenvalue weighted by Crippen LogP contribution is 2.69. The standard InChI is InChI=1S/C105H62BN3/c1-2-28-63(29-3-1)64-56-57-94-90(58-64)106-91-62-89-78(73-37-11-19-46-83(73)104(89)81-44-17-6-32-68(81)69-33-7-18-45-82(69)104)61-97(91)109(95-54-27-51-88-100(95)77-40-12-23-50-87(77)103(88)79-42-15-4-30-66(79)67-31-5-16-43-80(67)103)99-60-65(107-92-52-24-13-38-74(92)75-39-14-25-53-93(75)107)59-98(102(99)106)108(94)96-55-26-41-76-72-36-10-22-49-86(72)105(101(76)96)84-47-20-8-34-70(84)71-35-9-21-48-85(71)105/h1-62H. The van der Waals surface area contributed by atoms with Gasteiger partial charge in [0.1, 0.15) is 0 Å². The molecule has 4 heteroatoms. The number of nitrogens with zero attached hydrogens (tertiary/aromatic N) is 3. The van der Waals surface area contributed by atoms with Gasteiger partial charge in [0.25, 0.3) is 6.71 Å². The van der Waals surface area contributed by atoms with Gasteiger partial charge in [0.15, 0.2) is 0 Å². The molecule has 3 nitrogen and oxygen atoms in total. The summed E-state index contributed by atoms with van der Waals surface area (Å²) in [6, 6.07) is 146. The van der Waals surface area contributed by atoms with E-state index in [9.17, 15) is 0 Å². The van der Waals surface area contributed by atoms with E-state index in [0.29, 0.717) is 0 Å². The van der Waals surface area contributed by atoms with E-state index in [0.717, 1.165) is 45.2 Å². The molecule has 0 fully saturated rings. The number of hydrogen-bond acceptors (Lipinski definition) is 2. The smallest absolute Gasteiger partial charge is 0.252 e. The topological polar surface area (TPSA) is 11.4 Å². The highest BCUT2D eigenvalue weighted by molar-refractivity contribution is 7.00. The number of aromatic nitrogens is 1. The van der Waals surface area contributed by atoms with Crippen LogP contribution in [0.4, 0.5) is 34.1 Å². The Morgan fingerprint density at radius 2 is 0.587 bits per heavy atom. The van der Waals surface area contributed by atoms with Crippen LogP contribution in [-0.2, 0) is 16.2 Å². The van der Waals surface area contributed by atoms with Crippen molar-refractivity contribution < 1.29 is 0 Å². The van der Waals surface area contributed by atoms with Gasteiger partial charge in [-0.3, -0.25) is 0 Å². The molecule has 26 rings (SSSR count). The molecule has 3 spiro atoms. The molecule has 2 aliphatic heterocycles. The number of benzene rings is 17. The first-order valence-electron chi connectivity index (χ1n) is 38.4. The monoisotopic (exact) mass is 1380 g/mol. The number of anilines is 6. The normalized spacial score (nSPS) is 15.0. The molecule has 6 aliphatic carbocycles. The molecule has 1 aromatic heterocycles. The summed E-state index contributed by atoms with van der Waals surface area (Å²) in [4.78, 5) is 5.55. The van der Waals surface area contributed by atoms with E-state index in [1.54, 1.807) is 0 Å². The highest BCUT2D eigenvalue weighted by atomic mass is 15.2. The number of para-hydroxylation sites is 2. The molecule has 0 bridgehead atoms. The summed E-state index contributed by atoms with van der Waals surface area (Å²) < 4.78 is 2.58. The molecular weight excluding hydrogens is 1310 g/mol. The minimum atomic E-state index is -0.678. The van der Waals surface area contributed by atoms with Crippen molar-refractivity contribution in [1.82, 2.24) is 4.57 Å². The lowest BCUT2D eigenvalue weighted by Gasteiger charge is -2.46. The Kier molecular flexibility index (Phi) is 11.2. The van der Waals surface area contributed by atoms with E-state index in [4.69, 9.17) is 0 Å². The number of rotatable bonds is 4. The fraction of sp³-hybridized carbons (Fsp3) is 0.0286. The summed E-state index contributed by atoms with van der Waals surface area (Å²) in [7, 11) is 0. The lowest BCUT2D eigenvalue weighted by atomic mass is 9.33. The zero-order valence-corrected chi connectivity index (χ0v) is 59.2. The third-order valence-electron chi connectivity index (χ3n) is 26.6. The van der Waals surface area contributed by atoms with Crippen LogP contribution < -0.4 is 26.2 Å². The lowest BCUT2D eigenvalue weighted by Crippen LogP contribution is -2.61. The summed E-state index contributed by atoms with van der Waals surface area (Å²) in [6.45, 7) is -0.295. The molecular formula is C105H62BN3. The lowest BCUT2D eigenvalue weighted by molar-refractivity contribution is 0.793. The first kappa shape index (κ1) is 58.5. The van der Waals surface area contributed by atoms with Crippen LogP contribution in [0.1, 0.15) is 66.8 Å². The van der Waals surface area contributed by atoms with Gasteiger partial charge in [-0.25, -0.2) is 0 Å². The van der Waals surface area contributed by atoms with Crippen LogP contribution in [0, 0.1) is 0 Å². The molecule has 500 valence electrons. The van der Waals surface area contributed by atoms with Crippen LogP contribution in [-0.4, -0.2) is 11.3 Å². The maximum absolute atomic E-state index is 2.79. The van der Waals surface area contributed by atoms with Gasteiger partial charge in [0.05, 0.1) is 44.3 Å². The van der Waals surface area contributed by atoms with E-state index in [1.807, 2.05) is 0 Å². The maximum atomic E-state index is 2.79. The van der Waals surface area contributed by atoms with Gasteiger partial charge in [0.2, 0.25) is 0 Å². The van der Waals surface area contributed by atoms with Crippen molar-refractivity contribution in [3.63, 3.8) is 0 Å². The van der Waals surface area contributed by atoms with E-state index >= 15 is 0 Å². The molecule has 0 N–H and O–H groups in total. The first-order chi connectivity index (χ1) is 54.1. The van der Waals surface area contributed by atoms with Crippen LogP contribution in [0.5, 0.6) is 0 Å². The first-order valence-corrected chi connectivity index (χ1v) is 38.4. The van der Waals surface area contributed by atoms with Crippen LogP contribution in [0.2, 0.25) is 0 Å². The predicted molar refractivity (Wildman–Crippen MR) is 449 cm³/mol. The van der Waals surface area contributed by atoms with Crippen molar-refractivity contribution in [3.05, 3.63) is 443 Å². The quantitative estimate of drug-likeness (QED) is 0.163. The average Bonchev–Trinajstić information content (AvgIpc) is 1.53. The Morgan fingerprint density at radius 1 is 0.211 bits per heavy atom.